The lowest BCUT2D eigenvalue weighted by atomic mass is 10.2. The molecule has 9 nitrogen and oxygen atoms in total. The third-order valence-corrected chi connectivity index (χ3v) is 11.2. The number of aryl methyl sites for hydroxylation is 4. The SMILES string of the molecule is Cc1cc(=O)cc(C)n1/C=C/c1ccc(OC(F)F)c(OC2CCS(=O)C2)c1.Cc1cc(=O)cc(C)n1/C=C/c1ccc(OC(F)F)c(OC2CCSC2)c1. The average Bonchev–Trinajstić information content (AvgIpc) is 3.77. The maximum atomic E-state index is 12.7. The number of benzene rings is 2. The van der Waals surface area contributed by atoms with Gasteiger partial charge in [0.15, 0.2) is 33.9 Å². The van der Waals surface area contributed by atoms with E-state index in [4.69, 9.17) is 9.47 Å². The minimum atomic E-state index is -2.96. The fourth-order valence-corrected chi connectivity index (χ4v) is 8.49. The predicted octanol–water partition coefficient (Wildman–Crippen LogP) is 8.17. The Kier molecular flexibility index (Phi) is 14.5. The third kappa shape index (κ3) is 12.1. The monoisotopic (exact) mass is 802 g/mol. The Morgan fingerprint density at radius 1 is 0.673 bits per heavy atom. The van der Waals surface area contributed by atoms with E-state index < -0.39 is 24.0 Å². The minimum absolute atomic E-state index is 0.00212. The summed E-state index contributed by atoms with van der Waals surface area (Å²) < 4.78 is 86.9. The van der Waals surface area contributed by atoms with Crippen molar-refractivity contribution >= 4 is 47.1 Å². The first-order chi connectivity index (χ1) is 26.2. The topological polar surface area (TPSA) is 98.0 Å². The van der Waals surface area contributed by atoms with Gasteiger partial charge in [0, 0.05) is 81.7 Å². The van der Waals surface area contributed by atoms with Gasteiger partial charge in [0.05, 0.1) is 5.75 Å². The number of nitrogens with zero attached hydrogens (tertiary/aromatic N) is 2. The van der Waals surface area contributed by atoms with Crippen LogP contribution in [0.15, 0.2) is 70.3 Å². The first-order valence-corrected chi connectivity index (χ1v) is 20.1. The van der Waals surface area contributed by atoms with Crippen LogP contribution in [0.2, 0.25) is 0 Å². The number of alkyl halides is 4. The lowest BCUT2D eigenvalue weighted by Gasteiger charge is -2.17. The maximum absolute atomic E-state index is 12.7. The van der Waals surface area contributed by atoms with Gasteiger partial charge in [0.2, 0.25) is 0 Å². The molecular formula is C40H42F4N2O7S2. The van der Waals surface area contributed by atoms with Crippen LogP contribution in [-0.2, 0) is 10.8 Å². The van der Waals surface area contributed by atoms with Crippen LogP contribution in [0.1, 0.15) is 46.7 Å². The van der Waals surface area contributed by atoms with Crippen LogP contribution < -0.4 is 29.8 Å². The highest BCUT2D eigenvalue weighted by Crippen LogP contribution is 2.34. The molecule has 2 saturated heterocycles. The van der Waals surface area contributed by atoms with E-state index in [9.17, 15) is 31.4 Å². The number of aromatic nitrogens is 2. The van der Waals surface area contributed by atoms with E-state index in [1.807, 2.05) is 49.1 Å². The molecule has 2 aliphatic heterocycles. The van der Waals surface area contributed by atoms with Gasteiger partial charge in [-0.25, -0.2) is 0 Å². The molecule has 15 heteroatoms. The standard InChI is InChI=1S/C20H21F2NO4S.C20H21F2NO3S/c1-13-9-16(24)10-14(2)23(13)7-5-15-3-4-18(27-20(21)22)19(11-15)26-17-6-8-28(25)12-17;1-13-9-16(24)10-14(2)23(13)7-5-15-3-4-18(26-20(21)22)19(11-15)25-17-6-8-27-12-17/h3-5,7,9-11,17,20H,6,8,12H2,1-2H3;3-5,7,9-11,17,20H,6,8,12H2,1-2H3/b2*7-5+. The first kappa shape index (κ1) is 41.4. The molecule has 0 radical (unpaired) electrons. The van der Waals surface area contributed by atoms with Crippen molar-refractivity contribution in [1.82, 2.24) is 9.13 Å². The van der Waals surface area contributed by atoms with E-state index in [0.717, 1.165) is 46.3 Å². The number of hydrogen-bond donors (Lipinski definition) is 0. The molecule has 3 atom stereocenters. The Bertz CT molecular complexity index is 2110. The molecule has 4 aromatic rings. The van der Waals surface area contributed by atoms with Gasteiger partial charge in [-0.15, -0.1) is 0 Å². The smallest absolute Gasteiger partial charge is 0.387 e. The molecule has 2 aromatic heterocycles. The lowest BCUT2D eigenvalue weighted by Crippen LogP contribution is -2.17. The molecule has 0 N–H and O–H groups in total. The van der Waals surface area contributed by atoms with Gasteiger partial charge in [-0.05, 0) is 93.8 Å². The zero-order valence-corrected chi connectivity index (χ0v) is 32.3. The fraction of sp³-hybridized carbons (Fsp3) is 0.350. The van der Waals surface area contributed by atoms with Crippen molar-refractivity contribution in [3.8, 4) is 23.0 Å². The average molecular weight is 803 g/mol. The van der Waals surface area contributed by atoms with Crippen molar-refractivity contribution in [2.45, 2.75) is 66.0 Å². The van der Waals surface area contributed by atoms with Crippen LogP contribution in [0.4, 0.5) is 17.6 Å². The van der Waals surface area contributed by atoms with Crippen molar-refractivity contribution in [1.29, 1.82) is 0 Å². The summed E-state index contributed by atoms with van der Waals surface area (Å²) in [5.41, 5.74) is 4.60. The highest BCUT2D eigenvalue weighted by atomic mass is 32.2. The van der Waals surface area contributed by atoms with E-state index in [1.165, 1.54) is 24.3 Å². The lowest BCUT2D eigenvalue weighted by molar-refractivity contribution is -0.0525. The Balaban J connectivity index is 0.000000211. The highest BCUT2D eigenvalue weighted by molar-refractivity contribution is 7.99. The van der Waals surface area contributed by atoms with E-state index in [0.29, 0.717) is 29.2 Å². The Hall–Kier alpha value is -4.76. The molecule has 2 aliphatic rings. The van der Waals surface area contributed by atoms with E-state index >= 15 is 0 Å². The first-order valence-electron chi connectivity index (χ1n) is 17.4. The van der Waals surface area contributed by atoms with Gasteiger partial charge >= 0.3 is 13.2 Å². The summed E-state index contributed by atoms with van der Waals surface area (Å²) in [5.74, 6) is 3.25. The van der Waals surface area contributed by atoms with Crippen molar-refractivity contribution in [3.63, 3.8) is 0 Å². The van der Waals surface area contributed by atoms with Gasteiger partial charge in [-0.3, -0.25) is 13.8 Å². The Morgan fingerprint density at radius 3 is 1.51 bits per heavy atom. The third-order valence-electron chi connectivity index (χ3n) is 8.64. The van der Waals surface area contributed by atoms with E-state index in [1.54, 1.807) is 60.4 Å². The van der Waals surface area contributed by atoms with Crippen molar-refractivity contribution in [2.24, 2.45) is 0 Å². The fourth-order valence-electron chi connectivity index (χ4n) is 6.06. The predicted molar refractivity (Wildman–Crippen MR) is 210 cm³/mol. The zero-order chi connectivity index (χ0) is 39.6. The largest absolute Gasteiger partial charge is 0.486 e. The maximum Gasteiger partial charge on any atom is 0.387 e. The molecule has 0 aliphatic carbocycles. The van der Waals surface area contributed by atoms with E-state index in [2.05, 4.69) is 9.47 Å². The van der Waals surface area contributed by atoms with Crippen LogP contribution in [-0.4, -0.2) is 61.8 Å². The number of halogens is 4. The van der Waals surface area contributed by atoms with Crippen molar-refractivity contribution in [2.75, 3.05) is 23.0 Å². The molecule has 3 unspecified atom stereocenters. The second kappa shape index (κ2) is 19.2. The normalized spacial score (nSPS) is 18.3. The molecular weight excluding hydrogens is 761 g/mol. The summed E-state index contributed by atoms with van der Waals surface area (Å²) in [6.07, 6.45) is 8.46. The second-order valence-electron chi connectivity index (χ2n) is 12.9. The summed E-state index contributed by atoms with van der Waals surface area (Å²) >= 11 is 1.78. The summed E-state index contributed by atoms with van der Waals surface area (Å²) in [6, 6.07) is 15.8. The number of hydrogen-bond acceptors (Lipinski definition) is 8. The van der Waals surface area contributed by atoms with Crippen LogP contribution in [0.25, 0.3) is 24.6 Å². The molecule has 0 bridgehead atoms. The van der Waals surface area contributed by atoms with Crippen molar-refractivity contribution < 1.29 is 40.7 Å². The quantitative estimate of drug-likeness (QED) is 0.133. The van der Waals surface area contributed by atoms with Gasteiger partial charge < -0.3 is 28.1 Å². The highest BCUT2D eigenvalue weighted by Gasteiger charge is 2.25. The van der Waals surface area contributed by atoms with Crippen LogP contribution in [0, 0.1) is 27.7 Å². The van der Waals surface area contributed by atoms with E-state index in [-0.39, 0.29) is 40.3 Å². The van der Waals surface area contributed by atoms with Crippen LogP contribution >= 0.6 is 11.8 Å². The molecule has 55 heavy (non-hydrogen) atoms. The second-order valence-corrected chi connectivity index (χ2v) is 15.7. The number of thioether (sulfide) groups is 1. The van der Waals surface area contributed by atoms with Gasteiger partial charge in [0.25, 0.3) is 0 Å². The summed E-state index contributed by atoms with van der Waals surface area (Å²) in [7, 11) is -0.942. The van der Waals surface area contributed by atoms with Crippen LogP contribution in [0.3, 0.4) is 0 Å². The molecule has 0 spiro atoms. The minimum Gasteiger partial charge on any atom is -0.486 e. The van der Waals surface area contributed by atoms with Gasteiger partial charge in [0.1, 0.15) is 12.2 Å². The number of pyridine rings is 2. The molecule has 0 amide bonds. The molecule has 0 saturated carbocycles. The zero-order valence-electron chi connectivity index (χ0n) is 30.7. The number of rotatable bonds is 12. The Labute approximate surface area is 323 Å². The number of ether oxygens (including phenoxy) is 4. The summed E-state index contributed by atoms with van der Waals surface area (Å²) in [4.78, 5) is 23.1. The molecule has 2 fully saturated rings. The van der Waals surface area contributed by atoms with Gasteiger partial charge in [-0.2, -0.15) is 29.3 Å². The molecule has 6 rings (SSSR count). The molecule has 4 heterocycles. The molecule has 2 aromatic carbocycles. The molecule has 294 valence electrons. The summed E-state index contributed by atoms with van der Waals surface area (Å²) in [6.45, 7) is 1.49. The summed E-state index contributed by atoms with van der Waals surface area (Å²) in [5, 5.41) is 0. The van der Waals surface area contributed by atoms with Crippen molar-refractivity contribution in [3.05, 3.63) is 115 Å². The Morgan fingerprint density at radius 2 is 1.13 bits per heavy atom. The van der Waals surface area contributed by atoms with Crippen LogP contribution in [0.5, 0.6) is 23.0 Å². The van der Waals surface area contributed by atoms with Gasteiger partial charge in [-0.1, -0.05) is 12.1 Å².